The molecule has 0 radical (unpaired) electrons. The average Bonchev–Trinajstić information content (AvgIpc) is 3.27. The molecule has 0 amide bonds. The minimum atomic E-state index is -0.753. The molecule has 0 aliphatic heterocycles. The van der Waals surface area contributed by atoms with Crippen LogP contribution in [0.2, 0.25) is 0 Å². The number of benzene rings is 2. The van der Waals surface area contributed by atoms with Crippen LogP contribution in [0.25, 0.3) is 10.8 Å². The fourth-order valence-electron chi connectivity index (χ4n) is 6.27. The van der Waals surface area contributed by atoms with Gasteiger partial charge in [-0.15, -0.1) is 0 Å². The number of aliphatic carboxylic acids is 1. The predicted octanol–water partition coefficient (Wildman–Crippen LogP) is 4.19. The molecule has 3 aliphatic rings. The molecule has 26 heavy (non-hydrogen) atoms. The van der Waals surface area contributed by atoms with Crippen molar-refractivity contribution in [2.75, 3.05) is 7.11 Å². The lowest BCUT2D eigenvalue weighted by atomic mass is 9.58. The third kappa shape index (κ3) is 1.75. The Bertz CT molecular complexity index is 978. The number of carboxylic acids is 1. The van der Waals surface area contributed by atoms with Crippen LogP contribution in [-0.2, 0) is 10.2 Å². The summed E-state index contributed by atoms with van der Waals surface area (Å²) in [5, 5.41) is 11.4. The van der Waals surface area contributed by atoms with E-state index in [9.17, 15) is 14.7 Å². The van der Waals surface area contributed by atoms with Gasteiger partial charge in [0.25, 0.3) is 0 Å². The molecule has 2 saturated carbocycles. The van der Waals surface area contributed by atoms with Crippen LogP contribution >= 0.6 is 0 Å². The fraction of sp³-hybridized carbons (Fsp3) is 0.455. The first kappa shape index (κ1) is 15.9. The Morgan fingerprint density at radius 2 is 2.12 bits per heavy atom. The molecule has 0 unspecified atom stereocenters. The van der Waals surface area contributed by atoms with Crippen LogP contribution in [0.3, 0.4) is 0 Å². The van der Waals surface area contributed by atoms with E-state index in [-0.39, 0.29) is 29.0 Å². The van der Waals surface area contributed by atoms with Crippen LogP contribution in [0.4, 0.5) is 0 Å². The zero-order valence-corrected chi connectivity index (χ0v) is 15.0. The van der Waals surface area contributed by atoms with Gasteiger partial charge < -0.3 is 9.84 Å². The molecule has 1 spiro atoms. The monoisotopic (exact) mass is 350 g/mol. The minimum Gasteiger partial charge on any atom is -0.497 e. The summed E-state index contributed by atoms with van der Waals surface area (Å²) < 4.78 is 5.32. The Morgan fingerprint density at radius 1 is 1.31 bits per heavy atom. The lowest BCUT2D eigenvalue weighted by Gasteiger charge is -2.44. The maximum absolute atomic E-state index is 13.2. The van der Waals surface area contributed by atoms with Crippen molar-refractivity contribution in [1.82, 2.24) is 0 Å². The Morgan fingerprint density at radius 3 is 2.85 bits per heavy atom. The molecule has 2 fully saturated rings. The lowest BCUT2D eigenvalue weighted by Crippen LogP contribution is -2.43. The maximum Gasteiger partial charge on any atom is 0.303 e. The highest BCUT2D eigenvalue weighted by molar-refractivity contribution is 6.11. The summed E-state index contributed by atoms with van der Waals surface area (Å²) in [6.07, 6.45) is 2.64. The van der Waals surface area contributed by atoms with Crippen molar-refractivity contribution in [1.29, 1.82) is 0 Å². The average molecular weight is 350 g/mol. The normalized spacial score (nSPS) is 34.2. The van der Waals surface area contributed by atoms with Crippen molar-refractivity contribution in [3.05, 3.63) is 41.5 Å². The van der Waals surface area contributed by atoms with E-state index >= 15 is 0 Å². The van der Waals surface area contributed by atoms with Gasteiger partial charge in [0.05, 0.1) is 7.11 Å². The number of carbonyl (C=O) groups excluding carboxylic acids is 1. The molecular weight excluding hydrogens is 328 g/mol. The minimum absolute atomic E-state index is 0.00945. The highest BCUT2D eigenvalue weighted by Gasteiger charge is 2.74. The van der Waals surface area contributed by atoms with Crippen LogP contribution in [0.15, 0.2) is 30.3 Å². The topological polar surface area (TPSA) is 63.6 Å². The standard InChI is InChI=1S/C22H22O4/c1-21-11-18(23)20-16-5-4-15(26-2)7-12(16)3-6-17(20)22(21)10-14(22)8-13(21)9-19(24)25/h3-7,13-14H,8-11H2,1-2H3,(H,24,25)/t13-,14+,21+,22-/m0/s1. The zero-order chi connectivity index (χ0) is 18.3. The number of methoxy groups -OCH3 is 1. The van der Waals surface area contributed by atoms with Gasteiger partial charge in [0, 0.05) is 23.8 Å². The number of hydrogen-bond donors (Lipinski definition) is 1. The van der Waals surface area contributed by atoms with E-state index < -0.39 is 5.97 Å². The van der Waals surface area contributed by atoms with E-state index in [1.165, 1.54) is 0 Å². The van der Waals surface area contributed by atoms with Crippen molar-refractivity contribution >= 4 is 22.5 Å². The van der Waals surface area contributed by atoms with Crippen molar-refractivity contribution in [3.63, 3.8) is 0 Å². The van der Waals surface area contributed by atoms with E-state index in [1.807, 2.05) is 18.2 Å². The van der Waals surface area contributed by atoms with E-state index in [0.717, 1.165) is 40.5 Å². The van der Waals surface area contributed by atoms with Crippen molar-refractivity contribution in [3.8, 4) is 5.75 Å². The smallest absolute Gasteiger partial charge is 0.303 e. The second-order valence-corrected chi connectivity index (χ2v) is 8.50. The second-order valence-electron chi connectivity index (χ2n) is 8.50. The van der Waals surface area contributed by atoms with Gasteiger partial charge >= 0.3 is 5.97 Å². The van der Waals surface area contributed by atoms with Gasteiger partial charge in [-0.25, -0.2) is 0 Å². The lowest BCUT2D eigenvalue weighted by molar-refractivity contribution is -0.139. The number of ketones is 1. The number of carbonyl (C=O) groups is 2. The summed E-state index contributed by atoms with van der Waals surface area (Å²) in [4.78, 5) is 24.6. The molecule has 0 saturated heterocycles. The van der Waals surface area contributed by atoms with E-state index in [2.05, 4.69) is 19.1 Å². The van der Waals surface area contributed by atoms with Gasteiger partial charge in [-0.05, 0) is 64.6 Å². The van der Waals surface area contributed by atoms with Gasteiger partial charge in [-0.2, -0.15) is 0 Å². The summed E-state index contributed by atoms with van der Waals surface area (Å²) in [5.41, 5.74) is 1.78. The fourth-order valence-corrected chi connectivity index (χ4v) is 6.27. The molecule has 2 aromatic carbocycles. The van der Waals surface area contributed by atoms with Crippen molar-refractivity contribution < 1.29 is 19.4 Å². The SMILES string of the molecule is COc1ccc2c3c(ccc2c1)[C@]12C[C@H]1C[C@@H](CC(=O)O)[C@@]2(C)CC3=O. The Balaban J connectivity index is 1.70. The Kier molecular flexibility index (Phi) is 2.97. The summed E-state index contributed by atoms with van der Waals surface area (Å²) >= 11 is 0. The highest BCUT2D eigenvalue weighted by Crippen LogP contribution is 2.78. The van der Waals surface area contributed by atoms with Crippen LogP contribution < -0.4 is 4.74 Å². The molecule has 0 aromatic heterocycles. The third-order valence-electron chi connectivity index (χ3n) is 7.53. The Labute approximate surface area is 152 Å². The molecule has 0 bridgehead atoms. The van der Waals surface area contributed by atoms with Crippen LogP contribution in [0.1, 0.15) is 48.5 Å². The molecule has 0 heterocycles. The molecule has 4 nitrogen and oxygen atoms in total. The van der Waals surface area contributed by atoms with Gasteiger partial charge in [-0.1, -0.05) is 19.1 Å². The zero-order valence-electron chi connectivity index (χ0n) is 15.0. The van der Waals surface area contributed by atoms with E-state index in [0.29, 0.717) is 12.3 Å². The van der Waals surface area contributed by atoms with Gasteiger partial charge in [0.2, 0.25) is 0 Å². The number of carboxylic acid groups (broad SMARTS) is 1. The molecule has 2 aromatic rings. The van der Waals surface area contributed by atoms with Gasteiger partial charge in [0.1, 0.15) is 5.75 Å². The van der Waals surface area contributed by atoms with Crippen LogP contribution in [0.5, 0.6) is 5.75 Å². The summed E-state index contributed by atoms with van der Waals surface area (Å²) in [7, 11) is 1.64. The number of rotatable bonds is 3. The second kappa shape index (κ2) is 4.87. The molecule has 4 heteroatoms. The molecule has 4 atom stereocenters. The van der Waals surface area contributed by atoms with E-state index in [1.54, 1.807) is 7.11 Å². The van der Waals surface area contributed by atoms with Crippen molar-refractivity contribution in [2.24, 2.45) is 17.3 Å². The summed E-state index contributed by atoms with van der Waals surface area (Å²) in [6.45, 7) is 2.16. The van der Waals surface area contributed by atoms with Crippen LogP contribution in [0, 0.1) is 17.3 Å². The molecule has 5 rings (SSSR count). The molecular formula is C22H22O4. The number of fused-ring (bicyclic) bond motifs is 3. The number of Topliss-reactive ketones (excluding diaryl/α,β-unsaturated/α-hetero) is 1. The molecule has 134 valence electrons. The summed E-state index contributed by atoms with van der Waals surface area (Å²) in [6, 6.07) is 10.1. The largest absolute Gasteiger partial charge is 0.497 e. The van der Waals surface area contributed by atoms with Crippen LogP contribution in [-0.4, -0.2) is 24.0 Å². The first-order valence-electron chi connectivity index (χ1n) is 9.27. The quantitative estimate of drug-likeness (QED) is 0.901. The third-order valence-corrected chi connectivity index (χ3v) is 7.53. The highest BCUT2D eigenvalue weighted by atomic mass is 16.5. The summed E-state index contributed by atoms with van der Waals surface area (Å²) in [5.74, 6) is 0.792. The number of hydrogen-bond acceptors (Lipinski definition) is 3. The first-order valence-corrected chi connectivity index (χ1v) is 9.27. The predicted molar refractivity (Wildman–Crippen MR) is 97.7 cm³/mol. The first-order chi connectivity index (χ1) is 12.4. The van der Waals surface area contributed by atoms with E-state index in [4.69, 9.17) is 4.74 Å². The van der Waals surface area contributed by atoms with Crippen molar-refractivity contribution in [2.45, 2.75) is 38.0 Å². The number of ether oxygens (including phenoxy) is 1. The molecule has 1 N–H and O–H groups in total. The molecule has 3 aliphatic carbocycles. The maximum atomic E-state index is 13.2. The van der Waals surface area contributed by atoms with Gasteiger partial charge in [0.15, 0.2) is 5.78 Å². The van der Waals surface area contributed by atoms with Gasteiger partial charge in [-0.3, -0.25) is 9.59 Å². The Hall–Kier alpha value is -2.36.